The first-order chi connectivity index (χ1) is 5.74. The average Bonchev–Trinajstić information content (AvgIpc) is 2.03. The lowest BCUT2D eigenvalue weighted by Gasteiger charge is -2.29. The zero-order valence-corrected chi connectivity index (χ0v) is 7.75. The van der Waals surface area contributed by atoms with Crippen LogP contribution < -0.4 is 5.32 Å². The number of methoxy groups -OCH3 is 1. The van der Waals surface area contributed by atoms with E-state index in [1.807, 2.05) is 4.90 Å². The summed E-state index contributed by atoms with van der Waals surface area (Å²) in [6.45, 7) is 1.35. The normalized spacial score (nSPS) is 22.7. The Morgan fingerprint density at radius 1 is 1.83 bits per heavy atom. The van der Waals surface area contributed by atoms with Gasteiger partial charge in [0, 0.05) is 25.9 Å². The Labute approximate surface area is 77.0 Å². The number of carbonyl (C=O) groups is 1. The third-order valence-corrected chi connectivity index (χ3v) is 1.98. The van der Waals surface area contributed by atoms with Crippen LogP contribution in [0.3, 0.4) is 0 Å². The van der Waals surface area contributed by atoms with E-state index in [0.29, 0.717) is 6.61 Å². The summed E-state index contributed by atoms with van der Waals surface area (Å²) in [5, 5.41) is 2.65. The summed E-state index contributed by atoms with van der Waals surface area (Å²) in [6, 6.07) is 0. The molecule has 1 aliphatic rings. The van der Waals surface area contributed by atoms with Gasteiger partial charge in [-0.05, 0) is 0 Å². The summed E-state index contributed by atoms with van der Waals surface area (Å²) < 4.78 is 4.90. The van der Waals surface area contributed by atoms with Crippen LogP contribution in [-0.2, 0) is 9.53 Å². The van der Waals surface area contributed by atoms with E-state index in [2.05, 4.69) is 17.9 Å². The molecule has 0 radical (unpaired) electrons. The Morgan fingerprint density at radius 3 is 3.17 bits per heavy atom. The van der Waals surface area contributed by atoms with E-state index in [9.17, 15) is 4.79 Å². The maximum Gasteiger partial charge on any atom is 0.247 e. The Kier molecular flexibility index (Phi) is 3.43. The zero-order valence-electron chi connectivity index (χ0n) is 6.86. The van der Waals surface area contributed by atoms with Crippen LogP contribution in [0.25, 0.3) is 0 Å². The van der Waals surface area contributed by atoms with Gasteiger partial charge in [0.2, 0.25) is 5.91 Å². The average molecular weight is 188 g/mol. The molecule has 12 heavy (non-hydrogen) atoms. The van der Waals surface area contributed by atoms with Gasteiger partial charge in [-0.15, -0.1) is 12.6 Å². The van der Waals surface area contributed by atoms with Crippen molar-refractivity contribution in [1.82, 2.24) is 10.2 Å². The Morgan fingerprint density at radius 2 is 2.58 bits per heavy atom. The molecule has 1 unspecified atom stereocenters. The summed E-state index contributed by atoms with van der Waals surface area (Å²) >= 11 is 4.18. The first-order valence-electron chi connectivity index (χ1n) is 3.65. The van der Waals surface area contributed by atoms with E-state index in [4.69, 9.17) is 4.74 Å². The first-order valence-corrected chi connectivity index (χ1v) is 4.17. The number of nitrogens with zero attached hydrogens (tertiary/aromatic N) is 1. The van der Waals surface area contributed by atoms with Crippen molar-refractivity contribution < 1.29 is 9.53 Å². The van der Waals surface area contributed by atoms with Crippen LogP contribution in [0.2, 0.25) is 0 Å². The predicted molar refractivity (Wildman–Crippen MR) is 48.6 cm³/mol. The number of thiol groups is 1. The summed E-state index contributed by atoms with van der Waals surface area (Å²) in [4.78, 5) is 12.7. The molecule has 1 aliphatic heterocycles. The zero-order chi connectivity index (χ0) is 8.97. The van der Waals surface area contributed by atoms with Gasteiger partial charge in [-0.1, -0.05) is 0 Å². The van der Waals surface area contributed by atoms with Crippen LogP contribution >= 0.6 is 12.6 Å². The molecule has 0 aromatic rings. The highest BCUT2D eigenvalue weighted by Crippen LogP contribution is 2.05. The van der Waals surface area contributed by atoms with E-state index >= 15 is 0 Å². The molecule has 0 saturated heterocycles. The molecule has 0 saturated carbocycles. The van der Waals surface area contributed by atoms with Gasteiger partial charge >= 0.3 is 0 Å². The number of hydrogen-bond acceptors (Lipinski definition) is 4. The maximum absolute atomic E-state index is 10.8. The van der Waals surface area contributed by atoms with Crippen molar-refractivity contribution in [2.75, 3.05) is 20.3 Å². The molecular weight excluding hydrogens is 176 g/mol. The van der Waals surface area contributed by atoms with Gasteiger partial charge in [0.15, 0.2) is 0 Å². The van der Waals surface area contributed by atoms with Crippen LogP contribution in [0, 0.1) is 0 Å². The molecular formula is C7H12N2O2S. The van der Waals surface area contributed by atoms with Crippen molar-refractivity contribution in [3.8, 4) is 0 Å². The largest absolute Gasteiger partial charge is 0.383 e. The number of carbonyl (C=O) groups excluding carboxylic acids is 1. The highest BCUT2D eigenvalue weighted by Gasteiger charge is 2.16. The van der Waals surface area contributed by atoms with Gasteiger partial charge < -0.3 is 15.0 Å². The van der Waals surface area contributed by atoms with Crippen LogP contribution in [0.5, 0.6) is 0 Å². The van der Waals surface area contributed by atoms with Crippen molar-refractivity contribution in [1.29, 1.82) is 0 Å². The SMILES string of the molecule is COCCN1C=CC(=O)NC1S. The fourth-order valence-corrected chi connectivity index (χ4v) is 1.22. The second kappa shape index (κ2) is 4.37. The van der Waals surface area contributed by atoms with Gasteiger partial charge in [0.05, 0.1) is 6.61 Å². The summed E-state index contributed by atoms with van der Waals surface area (Å²) in [5.74, 6) is -0.108. The smallest absolute Gasteiger partial charge is 0.247 e. The van der Waals surface area contributed by atoms with Gasteiger partial charge in [0.1, 0.15) is 5.50 Å². The second-order valence-electron chi connectivity index (χ2n) is 2.43. The molecule has 68 valence electrons. The van der Waals surface area contributed by atoms with E-state index in [-0.39, 0.29) is 11.4 Å². The summed E-state index contributed by atoms with van der Waals surface area (Å²) in [7, 11) is 1.64. The molecule has 1 N–H and O–H groups in total. The lowest BCUT2D eigenvalue weighted by atomic mass is 10.4. The van der Waals surface area contributed by atoms with Crippen molar-refractivity contribution >= 4 is 18.5 Å². The van der Waals surface area contributed by atoms with Gasteiger partial charge in [0.25, 0.3) is 0 Å². The highest BCUT2D eigenvalue weighted by molar-refractivity contribution is 7.80. The monoisotopic (exact) mass is 188 g/mol. The van der Waals surface area contributed by atoms with Crippen LogP contribution in [0.15, 0.2) is 12.3 Å². The minimum atomic E-state index is -0.238. The Hall–Kier alpha value is -0.680. The highest BCUT2D eigenvalue weighted by atomic mass is 32.1. The van der Waals surface area contributed by atoms with E-state index < -0.39 is 0 Å². The van der Waals surface area contributed by atoms with Crippen molar-refractivity contribution in [2.24, 2.45) is 0 Å². The summed E-state index contributed by atoms with van der Waals surface area (Å²) in [5.41, 5.74) is -0.238. The minimum Gasteiger partial charge on any atom is -0.383 e. The molecule has 5 heteroatoms. The number of amides is 1. The Balaban J connectivity index is 2.43. The van der Waals surface area contributed by atoms with Gasteiger partial charge in [-0.3, -0.25) is 4.79 Å². The van der Waals surface area contributed by atoms with Crippen molar-refractivity contribution in [2.45, 2.75) is 5.50 Å². The van der Waals surface area contributed by atoms with E-state index in [1.54, 1.807) is 13.3 Å². The molecule has 0 spiro atoms. The molecule has 0 bridgehead atoms. The topological polar surface area (TPSA) is 41.6 Å². The quantitative estimate of drug-likeness (QED) is 0.602. The predicted octanol–water partition coefficient (Wildman–Crippen LogP) is -0.208. The van der Waals surface area contributed by atoms with Crippen molar-refractivity contribution in [3.05, 3.63) is 12.3 Å². The van der Waals surface area contributed by atoms with Gasteiger partial charge in [-0.2, -0.15) is 0 Å². The molecule has 1 heterocycles. The number of ether oxygens (including phenoxy) is 1. The molecule has 1 amide bonds. The molecule has 1 atom stereocenters. The first kappa shape index (κ1) is 9.41. The molecule has 0 fully saturated rings. The minimum absolute atomic E-state index is 0.108. The maximum atomic E-state index is 10.8. The molecule has 0 aromatic heterocycles. The van der Waals surface area contributed by atoms with E-state index in [0.717, 1.165) is 6.54 Å². The third-order valence-electron chi connectivity index (χ3n) is 1.56. The Bertz CT molecular complexity index is 196. The van der Waals surface area contributed by atoms with Crippen molar-refractivity contribution in [3.63, 3.8) is 0 Å². The van der Waals surface area contributed by atoms with Crippen LogP contribution in [0.1, 0.15) is 0 Å². The van der Waals surface area contributed by atoms with Gasteiger partial charge in [-0.25, -0.2) is 0 Å². The molecule has 1 rings (SSSR count). The lowest BCUT2D eigenvalue weighted by Crippen LogP contribution is -2.45. The second-order valence-corrected chi connectivity index (χ2v) is 2.92. The number of hydrogen-bond donors (Lipinski definition) is 2. The fraction of sp³-hybridized carbons (Fsp3) is 0.571. The third kappa shape index (κ3) is 2.42. The van der Waals surface area contributed by atoms with E-state index in [1.165, 1.54) is 6.08 Å². The molecule has 0 aromatic carbocycles. The number of nitrogens with one attached hydrogen (secondary N) is 1. The molecule has 4 nitrogen and oxygen atoms in total. The summed E-state index contributed by atoms with van der Waals surface area (Å²) in [6.07, 6.45) is 3.19. The lowest BCUT2D eigenvalue weighted by molar-refractivity contribution is -0.118. The molecule has 0 aliphatic carbocycles. The standard InChI is InChI=1S/C7H12N2O2S/c1-11-5-4-9-3-2-6(10)8-7(9)12/h2-3,7,12H,4-5H2,1H3,(H,8,10). The number of rotatable bonds is 3. The van der Waals surface area contributed by atoms with Crippen LogP contribution in [0.4, 0.5) is 0 Å². The fourth-order valence-electron chi connectivity index (χ4n) is 0.897. The van der Waals surface area contributed by atoms with Crippen LogP contribution in [-0.4, -0.2) is 36.6 Å².